The van der Waals surface area contributed by atoms with Gasteiger partial charge >= 0.3 is 0 Å². The van der Waals surface area contributed by atoms with E-state index in [9.17, 15) is 9.59 Å². The number of anilines is 2. The van der Waals surface area contributed by atoms with E-state index in [2.05, 4.69) is 48.4 Å². The Labute approximate surface area is 203 Å². The van der Waals surface area contributed by atoms with Gasteiger partial charge in [-0.25, -0.2) is 14.6 Å². The Bertz CT molecular complexity index is 1160. The molecule has 10 heteroatoms. The van der Waals surface area contributed by atoms with E-state index in [1.165, 1.54) is 0 Å². The molecule has 1 atom stereocenters. The molecule has 1 fully saturated rings. The van der Waals surface area contributed by atoms with Gasteiger partial charge in [0.25, 0.3) is 0 Å². The van der Waals surface area contributed by atoms with Crippen molar-refractivity contribution in [1.82, 2.24) is 25.1 Å². The first-order chi connectivity index (χ1) is 16.3. The number of benzene rings is 1. The van der Waals surface area contributed by atoms with Crippen molar-refractivity contribution in [3.8, 4) is 0 Å². The minimum atomic E-state index is -0.361. The lowest BCUT2D eigenvalue weighted by molar-refractivity contribution is -0.126. The molecule has 3 heterocycles. The number of amides is 2. The van der Waals surface area contributed by atoms with Crippen LogP contribution in [-0.2, 0) is 16.1 Å². The summed E-state index contributed by atoms with van der Waals surface area (Å²) in [6.45, 7) is 9.61. The van der Waals surface area contributed by atoms with Crippen molar-refractivity contribution in [2.24, 2.45) is 5.92 Å². The first-order valence-electron chi connectivity index (χ1n) is 11.6. The third-order valence-corrected chi connectivity index (χ3v) is 6.29. The van der Waals surface area contributed by atoms with Crippen molar-refractivity contribution in [1.29, 1.82) is 0 Å². The van der Waals surface area contributed by atoms with Crippen molar-refractivity contribution >= 4 is 46.1 Å². The van der Waals surface area contributed by atoms with Gasteiger partial charge in [-0.1, -0.05) is 43.8 Å². The maximum atomic E-state index is 12.8. The number of rotatable bonds is 9. The molecule has 3 aromatic rings. The first-order valence-corrected chi connectivity index (χ1v) is 12.5. The molecule has 1 aliphatic rings. The van der Waals surface area contributed by atoms with Crippen molar-refractivity contribution in [2.75, 3.05) is 23.3 Å². The number of hydrogen-bond donors (Lipinski definition) is 2. The number of nitrogens with one attached hydrogen (secondary N) is 2. The molecule has 34 heavy (non-hydrogen) atoms. The number of para-hydroxylation sites is 1. The monoisotopic (exact) mass is 481 g/mol. The molecular weight excluding hydrogens is 450 g/mol. The van der Waals surface area contributed by atoms with Crippen molar-refractivity contribution < 1.29 is 9.59 Å². The maximum absolute atomic E-state index is 12.8. The Morgan fingerprint density at radius 2 is 1.94 bits per heavy atom. The first kappa shape index (κ1) is 24.0. The summed E-state index contributed by atoms with van der Waals surface area (Å²) in [7, 11) is 0. The number of carbonyl (C=O) groups is 2. The summed E-state index contributed by atoms with van der Waals surface area (Å²) in [5.41, 5.74) is 1.56. The molecule has 4 rings (SSSR count). The van der Waals surface area contributed by atoms with Crippen LogP contribution in [0.4, 0.5) is 11.5 Å². The van der Waals surface area contributed by atoms with Gasteiger partial charge in [-0.3, -0.25) is 9.59 Å². The lowest BCUT2D eigenvalue weighted by atomic mass is 10.1. The molecule has 0 aliphatic carbocycles. The van der Waals surface area contributed by atoms with Crippen LogP contribution in [0, 0.1) is 5.92 Å². The van der Waals surface area contributed by atoms with Gasteiger partial charge in [0.2, 0.25) is 11.8 Å². The van der Waals surface area contributed by atoms with Crippen LogP contribution in [0.5, 0.6) is 0 Å². The molecule has 1 saturated heterocycles. The van der Waals surface area contributed by atoms with Gasteiger partial charge in [0.15, 0.2) is 10.8 Å². The van der Waals surface area contributed by atoms with E-state index in [0.29, 0.717) is 30.0 Å². The quantitative estimate of drug-likeness (QED) is 0.357. The average molecular weight is 482 g/mol. The fraction of sp³-hybridized carbons (Fsp3) is 0.458. The average Bonchev–Trinajstić information content (AvgIpc) is 3.37. The summed E-state index contributed by atoms with van der Waals surface area (Å²) in [5.74, 6) is 0.266. The van der Waals surface area contributed by atoms with Crippen LogP contribution >= 0.6 is 11.8 Å². The van der Waals surface area contributed by atoms with Gasteiger partial charge in [-0.2, -0.15) is 5.10 Å². The predicted octanol–water partition coefficient (Wildman–Crippen LogP) is 3.32. The Morgan fingerprint density at radius 3 is 2.65 bits per heavy atom. The van der Waals surface area contributed by atoms with E-state index < -0.39 is 0 Å². The highest BCUT2D eigenvalue weighted by Crippen LogP contribution is 2.27. The number of thioether (sulfide) groups is 1. The van der Waals surface area contributed by atoms with Gasteiger partial charge in [0.05, 0.1) is 24.0 Å². The van der Waals surface area contributed by atoms with Crippen LogP contribution in [0.25, 0.3) is 11.0 Å². The molecule has 2 amide bonds. The minimum absolute atomic E-state index is 0.0264. The summed E-state index contributed by atoms with van der Waals surface area (Å²) in [5, 5.41) is 12.7. The fourth-order valence-electron chi connectivity index (χ4n) is 3.92. The lowest BCUT2D eigenvalue weighted by Crippen LogP contribution is -2.35. The molecule has 9 nitrogen and oxygen atoms in total. The van der Waals surface area contributed by atoms with E-state index >= 15 is 0 Å². The summed E-state index contributed by atoms with van der Waals surface area (Å²) in [6.07, 6.45) is 1.98. The van der Waals surface area contributed by atoms with E-state index in [1.54, 1.807) is 27.5 Å². The fourth-order valence-corrected chi connectivity index (χ4v) is 4.62. The highest BCUT2D eigenvalue weighted by atomic mass is 32.2. The molecule has 0 saturated carbocycles. The largest absolute Gasteiger partial charge is 0.367 e. The molecular formula is C24H31N7O2S. The van der Waals surface area contributed by atoms with Crippen LogP contribution in [0.3, 0.4) is 0 Å². The summed E-state index contributed by atoms with van der Waals surface area (Å²) in [6, 6.07) is 9.68. The van der Waals surface area contributed by atoms with Crippen molar-refractivity contribution in [3.63, 3.8) is 0 Å². The molecule has 0 bridgehead atoms. The second-order valence-corrected chi connectivity index (χ2v) is 10.5. The van der Waals surface area contributed by atoms with E-state index in [4.69, 9.17) is 4.98 Å². The van der Waals surface area contributed by atoms with Crippen LogP contribution < -0.4 is 15.5 Å². The maximum Gasteiger partial charge on any atom is 0.227 e. The van der Waals surface area contributed by atoms with E-state index in [1.807, 2.05) is 30.3 Å². The zero-order chi connectivity index (χ0) is 24.2. The second kappa shape index (κ2) is 10.4. The standard InChI is InChI=1S/C24H31N7O2S/c1-15(2)27-21-19-13-26-31(22(19)29-24(28-21)34-16(3)4)11-10-25-23(33)17-12-20(32)30(14-17)18-8-6-5-7-9-18/h5-9,13,15-17H,10-12,14H2,1-4H3,(H,25,33)(H,27,28,29). The van der Waals surface area contributed by atoms with Gasteiger partial charge in [0, 0.05) is 36.5 Å². The molecule has 1 aliphatic heterocycles. The molecule has 1 unspecified atom stereocenters. The smallest absolute Gasteiger partial charge is 0.227 e. The predicted molar refractivity (Wildman–Crippen MR) is 135 cm³/mol. The zero-order valence-corrected chi connectivity index (χ0v) is 20.8. The number of carbonyl (C=O) groups excluding carboxylic acids is 2. The Kier molecular flexibility index (Phi) is 7.35. The van der Waals surface area contributed by atoms with Crippen LogP contribution in [-0.4, -0.2) is 55.9 Å². The van der Waals surface area contributed by atoms with Gasteiger partial charge in [-0.05, 0) is 26.0 Å². The number of fused-ring (bicyclic) bond motifs is 1. The van der Waals surface area contributed by atoms with Gasteiger partial charge < -0.3 is 15.5 Å². The van der Waals surface area contributed by atoms with Crippen molar-refractivity contribution in [2.45, 2.75) is 57.1 Å². The van der Waals surface area contributed by atoms with Crippen molar-refractivity contribution in [3.05, 3.63) is 36.5 Å². The topological polar surface area (TPSA) is 105 Å². The second-order valence-electron chi connectivity index (χ2n) is 8.96. The summed E-state index contributed by atoms with van der Waals surface area (Å²) in [4.78, 5) is 36.3. The Hall–Kier alpha value is -3.14. The molecule has 180 valence electrons. The zero-order valence-electron chi connectivity index (χ0n) is 20.0. The lowest BCUT2D eigenvalue weighted by Gasteiger charge is -2.16. The molecule has 1 aromatic carbocycles. The van der Waals surface area contributed by atoms with E-state index in [0.717, 1.165) is 22.5 Å². The highest BCUT2D eigenvalue weighted by molar-refractivity contribution is 7.99. The van der Waals surface area contributed by atoms with Crippen LogP contribution in [0.2, 0.25) is 0 Å². The molecule has 2 N–H and O–H groups in total. The van der Waals surface area contributed by atoms with E-state index in [-0.39, 0.29) is 30.2 Å². The SMILES string of the molecule is CC(C)Nc1nc(SC(C)C)nc2c1cnn2CCNC(=O)C1CC(=O)N(c2ccccc2)C1. The minimum Gasteiger partial charge on any atom is -0.367 e. The Balaban J connectivity index is 1.41. The molecule has 0 spiro atoms. The molecule has 2 aromatic heterocycles. The summed E-state index contributed by atoms with van der Waals surface area (Å²) >= 11 is 1.60. The number of aromatic nitrogens is 4. The summed E-state index contributed by atoms with van der Waals surface area (Å²) < 4.78 is 1.79. The molecule has 0 radical (unpaired) electrons. The third kappa shape index (κ3) is 5.49. The normalized spacial score (nSPS) is 16.1. The number of nitrogens with zero attached hydrogens (tertiary/aromatic N) is 5. The highest BCUT2D eigenvalue weighted by Gasteiger charge is 2.34. The van der Waals surface area contributed by atoms with Crippen LogP contribution in [0.15, 0.2) is 41.7 Å². The van der Waals surface area contributed by atoms with Crippen LogP contribution in [0.1, 0.15) is 34.1 Å². The third-order valence-electron chi connectivity index (χ3n) is 5.43. The Morgan fingerprint density at radius 1 is 1.18 bits per heavy atom. The van der Waals surface area contributed by atoms with Gasteiger partial charge in [0.1, 0.15) is 5.82 Å². The van der Waals surface area contributed by atoms with Gasteiger partial charge in [-0.15, -0.1) is 0 Å². The number of hydrogen-bond acceptors (Lipinski definition) is 7.